The first kappa shape index (κ1) is 19.7. The Bertz CT molecular complexity index is 1310. The van der Waals surface area contributed by atoms with Gasteiger partial charge in [0.25, 0.3) is 10.0 Å². The number of benzene rings is 3. The molecule has 3 aromatic rings. The Morgan fingerprint density at radius 3 is 2.03 bits per heavy atom. The SMILES string of the molecule is COc1cc(N)c2c(c1NS(=O)(=O)c1ccc(C)cc1)C(=O)c1ccccc1C2=O. The predicted octanol–water partition coefficient (Wildman–Crippen LogP) is 3.16. The molecule has 8 heteroatoms. The van der Waals surface area contributed by atoms with Gasteiger partial charge < -0.3 is 10.5 Å². The molecule has 1 aliphatic carbocycles. The fourth-order valence-corrected chi connectivity index (χ4v) is 4.55. The molecule has 0 bridgehead atoms. The molecule has 3 aromatic carbocycles. The zero-order valence-corrected chi connectivity index (χ0v) is 17.0. The number of ether oxygens (including phenoxy) is 1. The van der Waals surface area contributed by atoms with Gasteiger partial charge in [0.15, 0.2) is 11.6 Å². The Hall–Kier alpha value is -3.65. The maximum Gasteiger partial charge on any atom is 0.262 e. The van der Waals surface area contributed by atoms with E-state index in [9.17, 15) is 18.0 Å². The molecule has 152 valence electrons. The van der Waals surface area contributed by atoms with Crippen LogP contribution in [0.15, 0.2) is 59.5 Å². The lowest BCUT2D eigenvalue weighted by atomic mass is 9.82. The molecule has 0 aliphatic heterocycles. The number of nitrogens with one attached hydrogen (secondary N) is 1. The molecule has 0 heterocycles. The highest BCUT2D eigenvalue weighted by Crippen LogP contribution is 2.41. The highest BCUT2D eigenvalue weighted by Gasteiger charge is 2.36. The molecule has 0 unspecified atom stereocenters. The van der Waals surface area contributed by atoms with E-state index in [0.29, 0.717) is 0 Å². The number of carbonyl (C=O) groups is 2. The molecule has 1 aliphatic rings. The lowest BCUT2D eigenvalue weighted by Crippen LogP contribution is -2.25. The number of hydrogen-bond donors (Lipinski definition) is 2. The number of nitrogen functional groups attached to an aromatic ring is 1. The summed E-state index contributed by atoms with van der Waals surface area (Å²) in [7, 11) is -2.73. The lowest BCUT2D eigenvalue weighted by molar-refractivity contribution is 0.0980. The van der Waals surface area contributed by atoms with Crippen molar-refractivity contribution in [3.63, 3.8) is 0 Å². The van der Waals surface area contributed by atoms with Crippen LogP contribution in [-0.2, 0) is 10.0 Å². The number of sulfonamides is 1. The number of fused-ring (bicyclic) bond motifs is 2. The van der Waals surface area contributed by atoms with Crippen molar-refractivity contribution in [2.75, 3.05) is 17.6 Å². The molecule has 0 saturated carbocycles. The van der Waals surface area contributed by atoms with E-state index in [4.69, 9.17) is 10.5 Å². The zero-order valence-electron chi connectivity index (χ0n) is 16.2. The third-order valence-electron chi connectivity index (χ3n) is 4.98. The molecule has 4 rings (SSSR count). The third-order valence-corrected chi connectivity index (χ3v) is 6.35. The minimum absolute atomic E-state index is 0.00992. The van der Waals surface area contributed by atoms with Crippen molar-refractivity contribution in [1.29, 1.82) is 0 Å². The van der Waals surface area contributed by atoms with E-state index >= 15 is 0 Å². The van der Waals surface area contributed by atoms with Crippen molar-refractivity contribution >= 4 is 33.0 Å². The highest BCUT2D eigenvalue weighted by atomic mass is 32.2. The minimum atomic E-state index is -4.06. The van der Waals surface area contributed by atoms with Crippen molar-refractivity contribution in [3.8, 4) is 5.75 Å². The Balaban J connectivity index is 1.94. The average molecular weight is 422 g/mol. The van der Waals surface area contributed by atoms with Gasteiger partial charge >= 0.3 is 0 Å². The topological polar surface area (TPSA) is 116 Å². The van der Waals surface area contributed by atoms with Crippen LogP contribution in [-0.4, -0.2) is 27.1 Å². The summed E-state index contributed by atoms with van der Waals surface area (Å²) in [5.74, 6) is -0.911. The van der Waals surface area contributed by atoms with E-state index in [-0.39, 0.29) is 44.3 Å². The van der Waals surface area contributed by atoms with Crippen LogP contribution in [0.1, 0.15) is 37.4 Å². The molecule has 7 nitrogen and oxygen atoms in total. The van der Waals surface area contributed by atoms with E-state index in [1.807, 2.05) is 6.92 Å². The van der Waals surface area contributed by atoms with Gasteiger partial charge in [-0.25, -0.2) is 8.42 Å². The highest BCUT2D eigenvalue weighted by molar-refractivity contribution is 7.92. The van der Waals surface area contributed by atoms with Crippen LogP contribution in [0.3, 0.4) is 0 Å². The number of aryl methyl sites for hydroxylation is 1. The molecule has 0 aromatic heterocycles. The van der Waals surface area contributed by atoms with Crippen molar-refractivity contribution < 1.29 is 22.7 Å². The minimum Gasteiger partial charge on any atom is -0.494 e. The first-order chi connectivity index (χ1) is 14.2. The molecule has 0 radical (unpaired) electrons. The third kappa shape index (κ3) is 3.02. The van der Waals surface area contributed by atoms with Crippen LogP contribution in [0, 0.1) is 6.92 Å². The first-order valence-corrected chi connectivity index (χ1v) is 10.5. The number of ketones is 2. The molecule has 30 heavy (non-hydrogen) atoms. The average Bonchev–Trinajstić information content (AvgIpc) is 2.73. The van der Waals surface area contributed by atoms with Gasteiger partial charge in [-0.2, -0.15) is 0 Å². The van der Waals surface area contributed by atoms with Crippen molar-refractivity contribution in [2.45, 2.75) is 11.8 Å². The second-order valence-corrected chi connectivity index (χ2v) is 8.60. The molecule has 0 fully saturated rings. The maximum absolute atomic E-state index is 13.3. The Kier molecular flexibility index (Phi) is 4.58. The van der Waals surface area contributed by atoms with Gasteiger partial charge in [0.05, 0.1) is 23.1 Å². The zero-order chi connectivity index (χ0) is 21.6. The number of rotatable bonds is 4. The molecular formula is C22H18N2O5S. The Morgan fingerprint density at radius 2 is 1.47 bits per heavy atom. The second kappa shape index (κ2) is 7.00. The number of anilines is 2. The monoisotopic (exact) mass is 422 g/mol. The molecule has 0 atom stereocenters. The Morgan fingerprint density at radius 1 is 0.900 bits per heavy atom. The van der Waals surface area contributed by atoms with Crippen LogP contribution >= 0.6 is 0 Å². The van der Waals surface area contributed by atoms with E-state index < -0.39 is 21.6 Å². The summed E-state index contributed by atoms with van der Waals surface area (Å²) in [5.41, 5.74) is 7.11. The smallest absolute Gasteiger partial charge is 0.262 e. The van der Waals surface area contributed by atoms with Crippen LogP contribution in [0.2, 0.25) is 0 Å². The summed E-state index contributed by atoms with van der Waals surface area (Å²) in [6.07, 6.45) is 0. The van der Waals surface area contributed by atoms with Gasteiger partial charge in [0, 0.05) is 22.9 Å². The van der Waals surface area contributed by atoms with Gasteiger partial charge in [0.2, 0.25) is 0 Å². The maximum atomic E-state index is 13.3. The summed E-state index contributed by atoms with van der Waals surface area (Å²) < 4.78 is 33.7. The van der Waals surface area contributed by atoms with Crippen LogP contribution < -0.4 is 15.2 Å². The number of methoxy groups -OCH3 is 1. The molecule has 0 saturated heterocycles. The standard InChI is InChI=1S/C22H18N2O5S/c1-12-7-9-13(10-8-12)30(27,28)24-20-17(29-2)11-16(23)18-19(20)22(26)15-6-4-3-5-14(15)21(18)25/h3-11,24H,23H2,1-2H3. The van der Waals surface area contributed by atoms with Crippen molar-refractivity contribution in [1.82, 2.24) is 0 Å². The Labute approximate surface area is 173 Å². The number of nitrogens with two attached hydrogens (primary N) is 1. The number of hydrogen-bond acceptors (Lipinski definition) is 6. The van der Waals surface area contributed by atoms with Gasteiger partial charge in [-0.05, 0) is 19.1 Å². The molecule has 0 spiro atoms. The van der Waals surface area contributed by atoms with Crippen molar-refractivity contribution in [3.05, 3.63) is 82.4 Å². The van der Waals surface area contributed by atoms with E-state index in [1.165, 1.54) is 31.4 Å². The van der Waals surface area contributed by atoms with Gasteiger partial charge in [0.1, 0.15) is 11.4 Å². The van der Waals surface area contributed by atoms with E-state index in [1.54, 1.807) is 30.3 Å². The lowest BCUT2D eigenvalue weighted by Gasteiger charge is -2.24. The van der Waals surface area contributed by atoms with Crippen molar-refractivity contribution in [2.24, 2.45) is 0 Å². The largest absolute Gasteiger partial charge is 0.494 e. The quantitative estimate of drug-likeness (QED) is 0.488. The predicted molar refractivity (Wildman–Crippen MR) is 113 cm³/mol. The first-order valence-electron chi connectivity index (χ1n) is 9.03. The fourth-order valence-electron chi connectivity index (χ4n) is 3.47. The second-order valence-electron chi connectivity index (χ2n) is 6.92. The van der Waals surface area contributed by atoms with Crippen LogP contribution in [0.4, 0.5) is 11.4 Å². The summed E-state index contributed by atoms with van der Waals surface area (Å²) in [4.78, 5) is 26.3. The summed E-state index contributed by atoms with van der Waals surface area (Å²) in [6, 6.07) is 13.9. The van der Waals surface area contributed by atoms with Crippen LogP contribution in [0.5, 0.6) is 5.75 Å². The molecule has 0 amide bonds. The van der Waals surface area contributed by atoms with E-state index in [2.05, 4.69) is 4.72 Å². The normalized spacial score (nSPS) is 12.9. The van der Waals surface area contributed by atoms with Gasteiger partial charge in [-0.3, -0.25) is 14.3 Å². The van der Waals surface area contributed by atoms with Crippen LogP contribution in [0.25, 0.3) is 0 Å². The molecule has 3 N–H and O–H groups in total. The van der Waals surface area contributed by atoms with Gasteiger partial charge in [-0.1, -0.05) is 42.0 Å². The van der Waals surface area contributed by atoms with E-state index in [0.717, 1.165) is 5.56 Å². The summed E-state index contributed by atoms with van der Waals surface area (Å²) in [5, 5.41) is 0. The summed E-state index contributed by atoms with van der Waals surface area (Å²) >= 11 is 0. The fraction of sp³-hybridized carbons (Fsp3) is 0.0909. The van der Waals surface area contributed by atoms with Gasteiger partial charge in [-0.15, -0.1) is 0 Å². The molecular weight excluding hydrogens is 404 g/mol. The number of carbonyl (C=O) groups excluding carboxylic acids is 2. The summed E-state index contributed by atoms with van der Waals surface area (Å²) in [6.45, 7) is 1.84.